The molecular weight excluding hydrogens is 272 g/mol. The molecule has 2 heteroatoms. The van der Waals surface area contributed by atoms with Crippen LogP contribution in [0.1, 0.15) is 110 Å². The largest absolute Gasteiger partial charge is 0.481 e. The second kappa shape index (κ2) is 18.3. The molecule has 0 fully saturated rings. The van der Waals surface area contributed by atoms with E-state index in [1.165, 1.54) is 83.5 Å². The van der Waals surface area contributed by atoms with Gasteiger partial charge in [-0.25, -0.2) is 0 Å². The maximum atomic E-state index is 10.4. The van der Waals surface area contributed by atoms with Crippen molar-refractivity contribution in [3.63, 3.8) is 0 Å². The summed E-state index contributed by atoms with van der Waals surface area (Å²) in [5, 5.41) is 8.53. The van der Waals surface area contributed by atoms with Gasteiger partial charge in [-0.2, -0.15) is 0 Å². The van der Waals surface area contributed by atoms with Crippen LogP contribution in [0.3, 0.4) is 0 Å². The fraction of sp³-hybridized carbons (Fsp3) is 0.850. The van der Waals surface area contributed by atoms with E-state index in [4.69, 9.17) is 5.11 Å². The molecule has 0 atom stereocenters. The highest BCUT2D eigenvalue weighted by atomic mass is 16.4. The van der Waals surface area contributed by atoms with Crippen molar-refractivity contribution in [2.24, 2.45) is 0 Å². The maximum absolute atomic E-state index is 10.4. The van der Waals surface area contributed by atoms with Gasteiger partial charge in [-0.05, 0) is 32.1 Å². The van der Waals surface area contributed by atoms with E-state index in [-0.39, 0.29) is 0 Å². The number of carboxylic acids is 1. The Bertz CT molecular complexity index is 258. The lowest BCUT2D eigenvalue weighted by molar-refractivity contribution is -0.137. The van der Waals surface area contributed by atoms with Gasteiger partial charge in [0.05, 0.1) is 0 Å². The molecule has 0 aliphatic rings. The van der Waals surface area contributed by atoms with Crippen molar-refractivity contribution in [2.75, 3.05) is 0 Å². The topological polar surface area (TPSA) is 37.3 Å². The van der Waals surface area contributed by atoms with Crippen LogP contribution in [0.25, 0.3) is 0 Å². The number of allylic oxidation sites excluding steroid dienone is 2. The molecule has 2 nitrogen and oxygen atoms in total. The van der Waals surface area contributed by atoms with Gasteiger partial charge in [0, 0.05) is 6.42 Å². The first kappa shape index (κ1) is 21.2. The zero-order valence-corrected chi connectivity index (χ0v) is 14.8. The lowest BCUT2D eigenvalue weighted by Gasteiger charge is -2.00. The van der Waals surface area contributed by atoms with Crippen molar-refractivity contribution >= 4 is 5.97 Å². The molecule has 22 heavy (non-hydrogen) atoms. The van der Waals surface area contributed by atoms with E-state index < -0.39 is 5.97 Å². The number of carboxylic acid groups (broad SMARTS) is 1. The molecule has 0 aromatic heterocycles. The van der Waals surface area contributed by atoms with Crippen LogP contribution in [0.4, 0.5) is 0 Å². The van der Waals surface area contributed by atoms with E-state index in [0.29, 0.717) is 6.42 Å². The average Bonchev–Trinajstić information content (AvgIpc) is 2.50. The van der Waals surface area contributed by atoms with Crippen LogP contribution in [0.2, 0.25) is 0 Å². The number of rotatable bonds is 17. The van der Waals surface area contributed by atoms with E-state index in [0.717, 1.165) is 12.8 Å². The Morgan fingerprint density at radius 3 is 1.55 bits per heavy atom. The summed E-state index contributed by atoms with van der Waals surface area (Å²) in [6.07, 6.45) is 24.2. The van der Waals surface area contributed by atoms with E-state index in [2.05, 4.69) is 19.1 Å². The third kappa shape index (κ3) is 19.2. The summed E-state index contributed by atoms with van der Waals surface area (Å²) in [7, 11) is 0. The van der Waals surface area contributed by atoms with Gasteiger partial charge in [-0.3, -0.25) is 4.79 Å². The van der Waals surface area contributed by atoms with E-state index in [9.17, 15) is 4.79 Å². The number of unbranched alkanes of at least 4 members (excludes halogenated alkanes) is 13. The summed E-state index contributed by atoms with van der Waals surface area (Å²) >= 11 is 0. The molecule has 0 radical (unpaired) electrons. The zero-order chi connectivity index (χ0) is 16.3. The summed E-state index contributed by atoms with van der Waals surface area (Å²) in [6.45, 7) is 2.27. The summed E-state index contributed by atoms with van der Waals surface area (Å²) in [4.78, 5) is 10.4. The van der Waals surface area contributed by atoms with Crippen LogP contribution in [-0.2, 0) is 4.79 Å². The molecule has 130 valence electrons. The first-order valence-electron chi connectivity index (χ1n) is 9.64. The summed E-state index contributed by atoms with van der Waals surface area (Å²) in [6, 6.07) is 0. The Kier molecular flexibility index (Phi) is 17.6. The number of hydrogen-bond acceptors (Lipinski definition) is 1. The van der Waals surface area contributed by atoms with Gasteiger partial charge < -0.3 is 5.11 Å². The molecule has 0 heterocycles. The maximum Gasteiger partial charge on any atom is 0.303 e. The monoisotopic (exact) mass is 310 g/mol. The first-order chi connectivity index (χ1) is 10.8. The molecule has 0 aliphatic carbocycles. The second-order valence-corrected chi connectivity index (χ2v) is 6.44. The highest BCUT2D eigenvalue weighted by Gasteiger charge is 1.95. The minimum Gasteiger partial charge on any atom is -0.481 e. The van der Waals surface area contributed by atoms with E-state index >= 15 is 0 Å². The SMILES string of the molecule is CCCCCCCCCC/C=C/CCCCCCCC(=O)O. The van der Waals surface area contributed by atoms with Crippen molar-refractivity contribution in [2.45, 2.75) is 110 Å². The highest BCUT2D eigenvalue weighted by molar-refractivity contribution is 5.66. The van der Waals surface area contributed by atoms with Crippen LogP contribution in [-0.4, -0.2) is 11.1 Å². The second-order valence-electron chi connectivity index (χ2n) is 6.44. The van der Waals surface area contributed by atoms with Crippen molar-refractivity contribution < 1.29 is 9.90 Å². The van der Waals surface area contributed by atoms with Crippen molar-refractivity contribution in [3.05, 3.63) is 12.2 Å². The molecule has 0 rings (SSSR count). The third-order valence-corrected chi connectivity index (χ3v) is 4.15. The summed E-state index contributed by atoms with van der Waals surface area (Å²) in [5.41, 5.74) is 0. The van der Waals surface area contributed by atoms with Gasteiger partial charge in [-0.15, -0.1) is 0 Å². The van der Waals surface area contributed by atoms with Gasteiger partial charge in [0.25, 0.3) is 0 Å². The Morgan fingerprint density at radius 1 is 0.682 bits per heavy atom. The molecule has 0 aromatic carbocycles. The number of aliphatic carboxylic acids is 1. The molecule has 0 saturated heterocycles. The first-order valence-corrected chi connectivity index (χ1v) is 9.64. The third-order valence-electron chi connectivity index (χ3n) is 4.15. The molecule has 1 N–H and O–H groups in total. The predicted octanol–water partition coefficient (Wildman–Crippen LogP) is 6.89. The molecule has 0 amide bonds. The molecule has 0 saturated carbocycles. The molecular formula is C20H38O2. The molecule has 0 bridgehead atoms. The average molecular weight is 311 g/mol. The lowest BCUT2D eigenvalue weighted by atomic mass is 10.1. The normalized spacial score (nSPS) is 11.3. The van der Waals surface area contributed by atoms with Crippen LogP contribution in [0, 0.1) is 0 Å². The van der Waals surface area contributed by atoms with Gasteiger partial charge in [-0.1, -0.05) is 83.3 Å². The quantitative estimate of drug-likeness (QED) is 0.234. The van der Waals surface area contributed by atoms with Gasteiger partial charge in [0.1, 0.15) is 0 Å². The standard InChI is InChI=1S/C20H38O2/c1-2-3-4-5-6-7-8-9-10-11-12-13-14-15-16-17-18-19-20(21)22/h11-12H,2-10,13-19H2,1H3,(H,21,22)/b12-11+. The molecule has 0 unspecified atom stereocenters. The number of carbonyl (C=O) groups is 1. The number of hydrogen-bond donors (Lipinski definition) is 1. The van der Waals surface area contributed by atoms with Crippen molar-refractivity contribution in [1.29, 1.82) is 0 Å². The molecule has 0 aromatic rings. The lowest BCUT2D eigenvalue weighted by Crippen LogP contribution is -1.93. The van der Waals surface area contributed by atoms with Crippen molar-refractivity contribution in [3.8, 4) is 0 Å². The minimum absolute atomic E-state index is 0.332. The predicted molar refractivity (Wildman–Crippen MR) is 96.3 cm³/mol. The smallest absolute Gasteiger partial charge is 0.303 e. The van der Waals surface area contributed by atoms with Crippen LogP contribution >= 0.6 is 0 Å². The minimum atomic E-state index is -0.663. The van der Waals surface area contributed by atoms with E-state index in [1.807, 2.05) is 0 Å². The molecule has 0 aliphatic heterocycles. The van der Waals surface area contributed by atoms with Crippen LogP contribution in [0.5, 0.6) is 0 Å². The summed E-state index contributed by atoms with van der Waals surface area (Å²) in [5.74, 6) is -0.663. The van der Waals surface area contributed by atoms with E-state index in [1.54, 1.807) is 0 Å². The van der Waals surface area contributed by atoms with Crippen LogP contribution in [0.15, 0.2) is 12.2 Å². The fourth-order valence-corrected chi connectivity index (χ4v) is 2.70. The van der Waals surface area contributed by atoms with Gasteiger partial charge in [0.15, 0.2) is 0 Å². The Labute approximate surface area is 138 Å². The Balaban J connectivity index is 3.07. The van der Waals surface area contributed by atoms with Crippen LogP contribution < -0.4 is 0 Å². The van der Waals surface area contributed by atoms with Crippen molar-refractivity contribution in [1.82, 2.24) is 0 Å². The summed E-state index contributed by atoms with van der Waals surface area (Å²) < 4.78 is 0. The Hall–Kier alpha value is -0.790. The molecule has 0 spiro atoms. The highest BCUT2D eigenvalue weighted by Crippen LogP contribution is 2.11. The van der Waals surface area contributed by atoms with Gasteiger partial charge in [0.2, 0.25) is 0 Å². The zero-order valence-electron chi connectivity index (χ0n) is 14.8. The van der Waals surface area contributed by atoms with Gasteiger partial charge >= 0.3 is 5.97 Å². The fourth-order valence-electron chi connectivity index (χ4n) is 2.70. The Morgan fingerprint density at radius 2 is 1.09 bits per heavy atom.